The minimum absolute atomic E-state index is 0.0420. The first-order valence-corrected chi connectivity index (χ1v) is 8.35. The fraction of sp³-hybridized carbons (Fsp3) is 0.150. The molecular weight excluding hydrogens is 332 g/mol. The van der Waals surface area contributed by atoms with Crippen LogP contribution in [-0.2, 0) is 0 Å². The van der Waals surface area contributed by atoms with Crippen molar-refractivity contribution in [3.63, 3.8) is 0 Å². The SMILES string of the molecule is O=C1c2ccccc2C(=O)c2c1c(C(=O)NCCCO)c1ccccn21. The molecule has 0 radical (unpaired) electrons. The number of fused-ring (bicyclic) bond motifs is 4. The van der Waals surface area contributed by atoms with Crippen LogP contribution in [0.4, 0.5) is 0 Å². The Morgan fingerprint density at radius 3 is 2.42 bits per heavy atom. The van der Waals surface area contributed by atoms with Gasteiger partial charge in [-0.2, -0.15) is 0 Å². The van der Waals surface area contributed by atoms with Crippen molar-refractivity contribution in [3.05, 3.63) is 76.6 Å². The third-order valence-corrected chi connectivity index (χ3v) is 4.55. The smallest absolute Gasteiger partial charge is 0.254 e. The number of carbonyl (C=O) groups is 3. The van der Waals surface area contributed by atoms with Crippen LogP contribution < -0.4 is 5.32 Å². The standard InChI is InChI=1S/C20H16N2O4/c23-11-5-9-21-20(26)15-14-8-3-4-10-22(14)17-16(15)18(24)12-6-1-2-7-13(12)19(17)25/h1-4,6-8,10,23H,5,9,11H2,(H,21,26). The number of ketones is 2. The van der Waals surface area contributed by atoms with Gasteiger partial charge in [0.05, 0.1) is 16.6 Å². The molecule has 0 aliphatic heterocycles. The molecule has 1 aliphatic rings. The lowest BCUT2D eigenvalue weighted by Gasteiger charge is -2.15. The largest absolute Gasteiger partial charge is 0.396 e. The van der Waals surface area contributed by atoms with Crippen molar-refractivity contribution in [1.29, 1.82) is 0 Å². The summed E-state index contributed by atoms with van der Waals surface area (Å²) in [5, 5.41) is 11.6. The summed E-state index contributed by atoms with van der Waals surface area (Å²) in [6.07, 6.45) is 2.09. The number of carbonyl (C=O) groups excluding carboxylic acids is 3. The molecule has 0 unspecified atom stereocenters. The van der Waals surface area contributed by atoms with E-state index in [2.05, 4.69) is 5.32 Å². The van der Waals surface area contributed by atoms with Gasteiger partial charge in [-0.3, -0.25) is 14.4 Å². The van der Waals surface area contributed by atoms with E-state index in [1.54, 1.807) is 53.1 Å². The number of amides is 1. The predicted octanol–water partition coefficient (Wildman–Crippen LogP) is 1.83. The number of hydrogen-bond donors (Lipinski definition) is 2. The molecule has 3 aromatic rings. The fourth-order valence-corrected chi connectivity index (χ4v) is 3.39. The van der Waals surface area contributed by atoms with Crippen LogP contribution in [0, 0.1) is 0 Å². The molecule has 130 valence electrons. The van der Waals surface area contributed by atoms with Crippen molar-refractivity contribution < 1.29 is 19.5 Å². The summed E-state index contributed by atoms with van der Waals surface area (Å²) in [7, 11) is 0. The van der Waals surface area contributed by atoms with Gasteiger partial charge < -0.3 is 14.8 Å². The molecule has 0 bridgehead atoms. The lowest BCUT2D eigenvalue weighted by Crippen LogP contribution is -2.28. The summed E-state index contributed by atoms with van der Waals surface area (Å²) in [5.74, 6) is -1.03. The molecule has 6 nitrogen and oxygen atoms in total. The summed E-state index contributed by atoms with van der Waals surface area (Å²) >= 11 is 0. The third kappa shape index (κ3) is 2.27. The van der Waals surface area contributed by atoms with Gasteiger partial charge in [-0.15, -0.1) is 0 Å². The monoisotopic (exact) mass is 348 g/mol. The first kappa shape index (κ1) is 16.2. The van der Waals surface area contributed by atoms with E-state index in [1.165, 1.54) is 0 Å². The summed E-state index contributed by atoms with van der Waals surface area (Å²) in [6, 6.07) is 11.9. The molecule has 2 N–H and O–H groups in total. The maximum absolute atomic E-state index is 13.1. The number of aliphatic hydroxyl groups excluding tert-OH is 1. The highest BCUT2D eigenvalue weighted by Gasteiger charge is 2.37. The average molecular weight is 348 g/mol. The summed E-state index contributed by atoms with van der Waals surface area (Å²) < 4.78 is 1.60. The predicted molar refractivity (Wildman–Crippen MR) is 94.7 cm³/mol. The van der Waals surface area contributed by atoms with Crippen molar-refractivity contribution in [2.45, 2.75) is 6.42 Å². The van der Waals surface area contributed by atoms with Gasteiger partial charge >= 0.3 is 0 Å². The van der Waals surface area contributed by atoms with E-state index in [-0.39, 0.29) is 41.5 Å². The summed E-state index contributed by atoms with van der Waals surface area (Å²) in [4.78, 5) is 38.9. The van der Waals surface area contributed by atoms with Crippen molar-refractivity contribution in [3.8, 4) is 0 Å². The van der Waals surface area contributed by atoms with E-state index in [0.29, 0.717) is 23.1 Å². The van der Waals surface area contributed by atoms with Gasteiger partial charge in [-0.05, 0) is 18.6 Å². The molecule has 0 saturated heterocycles. The number of pyridine rings is 1. The van der Waals surface area contributed by atoms with Gasteiger partial charge in [0.2, 0.25) is 5.78 Å². The van der Waals surface area contributed by atoms with Crippen LogP contribution in [0.15, 0.2) is 48.7 Å². The zero-order chi connectivity index (χ0) is 18.3. The van der Waals surface area contributed by atoms with Crippen LogP contribution in [0.2, 0.25) is 0 Å². The molecule has 1 aromatic carbocycles. The molecule has 4 rings (SSSR count). The van der Waals surface area contributed by atoms with Gasteiger partial charge in [0.1, 0.15) is 5.69 Å². The van der Waals surface area contributed by atoms with Crippen LogP contribution >= 0.6 is 0 Å². The van der Waals surface area contributed by atoms with E-state index >= 15 is 0 Å². The lowest BCUT2D eigenvalue weighted by atomic mass is 9.86. The lowest BCUT2D eigenvalue weighted by molar-refractivity contribution is 0.0938. The molecule has 0 atom stereocenters. The van der Waals surface area contributed by atoms with Gasteiger partial charge in [0.15, 0.2) is 5.78 Å². The highest BCUT2D eigenvalue weighted by molar-refractivity contribution is 6.32. The minimum Gasteiger partial charge on any atom is -0.396 e. The zero-order valence-corrected chi connectivity index (χ0v) is 13.9. The number of aromatic nitrogens is 1. The topological polar surface area (TPSA) is 87.9 Å². The van der Waals surface area contributed by atoms with Crippen LogP contribution in [0.1, 0.15) is 48.8 Å². The van der Waals surface area contributed by atoms with E-state index in [4.69, 9.17) is 5.11 Å². The Morgan fingerprint density at radius 1 is 1.00 bits per heavy atom. The van der Waals surface area contributed by atoms with E-state index in [0.717, 1.165) is 0 Å². The van der Waals surface area contributed by atoms with E-state index in [9.17, 15) is 14.4 Å². The first-order chi connectivity index (χ1) is 12.6. The Balaban J connectivity index is 1.96. The summed E-state index contributed by atoms with van der Waals surface area (Å²) in [6.45, 7) is 0.243. The van der Waals surface area contributed by atoms with E-state index in [1.807, 2.05) is 0 Å². The van der Waals surface area contributed by atoms with Crippen molar-refractivity contribution >= 4 is 23.0 Å². The summed E-state index contributed by atoms with van der Waals surface area (Å²) in [5.41, 5.74) is 1.73. The van der Waals surface area contributed by atoms with E-state index < -0.39 is 5.91 Å². The zero-order valence-electron chi connectivity index (χ0n) is 13.9. The minimum atomic E-state index is -0.427. The third-order valence-electron chi connectivity index (χ3n) is 4.55. The number of nitrogens with zero attached hydrogens (tertiary/aromatic N) is 1. The Labute approximate surface area is 149 Å². The van der Waals surface area contributed by atoms with Crippen LogP contribution in [0.25, 0.3) is 5.52 Å². The number of rotatable bonds is 4. The van der Waals surface area contributed by atoms with Gasteiger partial charge in [0.25, 0.3) is 5.91 Å². The molecule has 1 aliphatic carbocycles. The van der Waals surface area contributed by atoms with Crippen LogP contribution in [0.3, 0.4) is 0 Å². The van der Waals surface area contributed by atoms with Gasteiger partial charge in [0, 0.05) is 30.5 Å². The van der Waals surface area contributed by atoms with Crippen molar-refractivity contribution in [2.75, 3.05) is 13.2 Å². The maximum Gasteiger partial charge on any atom is 0.254 e. The van der Waals surface area contributed by atoms with Crippen molar-refractivity contribution in [1.82, 2.24) is 9.72 Å². The highest BCUT2D eigenvalue weighted by atomic mass is 16.3. The Bertz CT molecular complexity index is 1060. The molecule has 1 amide bonds. The van der Waals surface area contributed by atoms with Crippen LogP contribution in [0.5, 0.6) is 0 Å². The molecule has 6 heteroatoms. The molecular formula is C20H16N2O4. The molecule has 2 aromatic heterocycles. The number of nitrogens with one attached hydrogen (secondary N) is 1. The molecule has 0 spiro atoms. The second kappa shape index (κ2) is 6.24. The molecule has 0 fully saturated rings. The van der Waals surface area contributed by atoms with Crippen molar-refractivity contribution in [2.24, 2.45) is 0 Å². The fourth-order valence-electron chi connectivity index (χ4n) is 3.39. The Morgan fingerprint density at radius 2 is 1.69 bits per heavy atom. The molecule has 0 saturated carbocycles. The maximum atomic E-state index is 13.1. The second-order valence-electron chi connectivity index (χ2n) is 6.09. The first-order valence-electron chi connectivity index (χ1n) is 8.35. The highest BCUT2D eigenvalue weighted by Crippen LogP contribution is 2.33. The van der Waals surface area contributed by atoms with Crippen LogP contribution in [-0.4, -0.2) is 40.1 Å². The number of hydrogen-bond acceptors (Lipinski definition) is 4. The molecule has 26 heavy (non-hydrogen) atoms. The Hall–Kier alpha value is -3.25. The second-order valence-corrected chi connectivity index (χ2v) is 6.09. The Kier molecular flexibility index (Phi) is 3.89. The quantitative estimate of drug-likeness (QED) is 0.551. The molecule has 2 heterocycles. The van der Waals surface area contributed by atoms with Gasteiger partial charge in [-0.1, -0.05) is 30.3 Å². The number of aliphatic hydroxyl groups is 1. The average Bonchev–Trinajstić information content (AvgIpc) is 3.02. The number of benzene rings is 1. The normalized spacial score (nSPS) is 12.8. The van der Waals surface area contributed by atoms with Gasteiger partial charge in [-0.25, -0.2) is 0 Å².